The highest BCUT2D eigenvalue weighted by molar-refractivity contribution is 9.10. The van der Waals surface area contributed by atoms with E-state index in [0.717, 1.165) is 37.1 Å². The maximum absolute atomic E-state index is 3.58. The molecule has 3 rings (SSSR count). The van der Waals surface area contributed by atoms with Crippen LogP contribution in [0.4, 0.5) is 0 Å². The molecule has 1 aliphatic rings. The molecule has 1 aromatic heterocycles. The SMILES string of the molecule is CC[C@@H](c1c[nH]c2ccc(Br)cc12)N1CCNCC1.Cl.Cl. The van der Waals surface area contributed by atoms with Gasteiger partial charge >= 0.3 is 0 Å². The van der Waals surface area contributed by atoms with Gasteiger partial charge in [-0.25, -0.2) is 0 Å². The molecule has 0 bridgehead atoms. The Hall–Kier alpha value is -0.260. The number of benzene rings is 1. The molecule has 0 aliphatic carbocycles. The lowest BCUT2D eigenvalue weighted by Gasteiger charge is -2.34. The summed E-state index contributed by atoms with van der Waals surface area (Å²) in [5.41, 5.74) is 2.66. The monoisotopic (exact) mass is 393 g/mol. The molecule has 0 amide bonds. The van der Waals surface area contributed by atoms with Crippen LogP contribution >= 0.6 is 40.7 Å². The Balaban J connectivity index is 0.00000110. The van der Waals surface area contributed by atoms with Crippen molar-refractivity contribution in [2.75, 3.05) is 26.2 Å². The van der Waals surface area contributed by atoms with Crippen molar-refractivity contribution in [1.29, 1.82) is 0 Å². The number of fused-ring (bicyclic) bond motifs is 1. The van der Waals surface area contributed by atoms with E-state index in [1.807, 2.05) is 0 Å². The Morgan fingerprint density at radius 2 is 1.95 bits per heavy atom. The van der Waals surface area contributed by atoms with E-state index in [1.54, 1.807) is 0 Å². The predicted octanol–water partition coefficient (Wildman–Crippen LogP) is 4.13. The van der Waals surface area contributed by atoms with Gasteiger partial charge in [-0.2, -0.15) is 0 Å². The van der Waals surface area contributed by atoms with E-state index in [2.05, 4.69) is 62.5 Å². The van der Waals surface area contributed by atoms with Crippen molar-refractivity contribution < 1.29 is 0 Å². The molecule has 1 saturated heterocycles. The van der Waals surface area contributed by atoms with Crippen molar-refractivity contribution in [1.82, 2.24) is 15.2 Å². The highest BCUT2D eigenvalue weighted by Gasteiger charge is 2.22. The maximum atomic E-state index is 3.58. The van der Waals surface area contributed by atoms with E-state index in [1.165, 1.54) is 16.5 Å². The number of piperazine rings is 1. The van der Waals surface area contributed by atoms with Crippen molar-refractivity contribution in [3.8, 4) is 0 Å². The van der Waals surface area contributed by atoms with Crippen LogP contribution in [0.15, 0.2) is 28.9 Å². The largest absolute Gasteiger partial charge is 0.361 e. The third-order valence-electron chi connectivity index (χ3n) is 4.01. The minimum atomic E-state index is 0. The number of hydrogen-bond acceptors (Lipinski definition) is 2. The fourth-order valence-corrected chi connectivity index (χ4v) is 3.42. The Bertz CT molecular complexity index is 567. The minimum absolute atomic E-state index is 0. The summed E-state index contributed by atoms with van der Waals surface area (Å²) in [6.45, 7) is 6.76. The van der Waals surface area contributed by atoms with Crippen LogP contribution in [0.5, 0.6) is 0 Å². The lowest BCUT2D eigenvalue weighted by atomic mass is 10.0. The summed E-state index contributed by atoms with van der Waals surface area (Å²) < 4.78 is 1.15. The van der Waals surface area contributed by atoms with Gasteiger partial charge in [-0.1, -0.05) is 22.9 Å². The van der Waals surface area contributed by atoms with Gasteiger partial charge in [0.2, 0.25) is 0 Å². The van der Waals surface area contributed by atoms with Crippen LogP contribution in [0, 0.1) is 0 Å². The molecular formula is C15H22BrCl2N3. The lowest BCUT2D eigenvalue weighted by Crippen LogP contribution is -2.45. The van der Waals surface area contributed by atoms with Gasteiger partial charge in [0.25, 0.3) is 0 Å². The number of rotatable bonds is 3. The van der Waals surface area contributed by atoms with E-state index in [4.69, 9.17) is 0 Å². The van der Waals surface area contributed by atoms with Crippen molar-refractivity contribution in [3.05, 3.63) is 34.4 Å². The first kappa shape index (κ1) is 18.8. The molecule has 2 N–H and O–H groups in total. The Kier molecular flexibility index (Phi) is 7.51. The fourth-order valence-electron chi connectivity index (χ4n) is 3.06. The highest BCUT2D eigenvalue weighted by Crippen LogP contribution is 2.32. The van der Waals surface area contributed by atoms with Crippen LogP contribution in [0.2, 0.25) is 0 Å². The molecule has 2 heterocycles. The second-order valence-electron chi connectivity index (χ2n) is 5.14. The molecule has 1 fully saturated rings. The minimum Gasteiger partial charge on any atom is -0.361 e. The number of hydrogen-bond donors (Lipinski definition) is 2. The van der Waals surface area contributed by atoms with Gasteiger partial charge in [-0.15, -0.1) is 24.8 Å². The lowest BCUT2D eigenvalue weighted by molar-refractivity contribution is 0.170. The van der Waals surface area contributed by atoms with Gasteiger partial charge in [0, 0.05) is 53.8 Å². The Morgan fingerprint density at radius 1 is 1.24 bits per heavy atom. The van der Waals surface area contributed by atoms with Crippen molar-refractivity contribution in [2.45, 2.75) is 19.4 Å². The summed E-state index contributed by atoms with van der Waals surface area (Å²) in [7, 11) is 0. The molecule has 1 atom stereocenters. The van der Waals surface area contributed by atoms with Crippen LogP contribution in [0.25, 0.3) is 10.9 Å². The standard InChI is InChI=1S/C15H20BrN3.2ClH/c1-2-15(19-7-5-17-6-8-19)13-10-18-14-4-3-11(16)9-12(13)14;;/h3-4,9-10,15,17-18H,2,5-8H2,1H3;2*1H/t15-;;/m0../s1. The zero-order valence-electron chi connectivity index (χ0n) is 12.1. The van der Waals surface area contributed by atoms with E-state index in [0.29, 0.717) is 6.04 Å². The number of aromatic nitrogens is 1. The molecule has 2 aromatic rings. The quantitative estimate of drug-likeness (QED) is 0.819. The molecule has 3 nitrogen and oxygen atoms in total. The maximum Gasteiger partial charge on any atom is 0.0458 e. The van der Waals surface area contributed by atoms with Gasteiger partial charge in [-0.05, 0) is 30.2 Å². The molecule has 0 saturated carbocycles. The van der Waals surface area contributed by atoms with Crippen LogP contribution in [0.3, 0.4) is 0 Å². The Morgan fingerprint density at radius 3 is 2.62 bits per heavy atom. The van der Waals surface area contributed by atoms with Gasteiger partial charge in [-0.3, -0.25) is 4.90 Å². The number of halogens is 3. The predicted molar refractivity (Wildman–Crippen MR) is 98.0 cm³/mol. The zero-order valence-corrected chi connectivity index (χ0v) is 15.3. The van der Waals surface area contributed by atoms with Crippen LogP contribution in [0.1, 0.15) is 24.9 Å². The summed E-state index contributed by atoms with van der Waals surface area (Å²) in [6.07, 6.45) is 3.34. The van der Waals surface area contributed by atoms with Crippen molar-refractivity contribution in [3.63, 3.8) is 0 Å². The fraction of sp³-hybridized carbons (Fsp3) is 0.467. The topological polar surface area (TPSA) is 31.1 Å². The smallest absolute Gasteiger partial charge is 0.0458 e. The normalized spacial score (nSPS) is 17.0. The molecule has 1 aliphatic heterocycles. The molecule has 0 spiro atoms. The first-order valence-corrected chi connectivity index (χ1v) is 7.80. The summed E-state index contributed by atoms with van der Waals surface area (Å²) in [5.74, 6) is 0. The number of H-pyrrole nitrogens is 1. The molecule has 0 radical (unpaired) electrons. The van der Waals surface area contributed by atoms with Gasteiger partial charge in [0.05, 0.1) is 0 Å². The average molecular weight is 395 g/mol. The average Bonchev–Trinajstić information content (AvgIpc) is 2.84. The second-order valence-corrected chi connectivity index (χ2v) is 6.06. The van der Waals surface area contributed by atoms with Gasteiger partial charge in [0.15, 0.2) is 0 Å². The van der Waals surface area contributed by atoms with Crippen molar-refractivity contribution in [2.24, 2.45) is 0 Å². The summed E-state index contributed by atoms with van der Waals surface area (Å²) >= 11 is 3.58. The van der Waals surface area contributed by atoms with E-state index in [9.17, 15) is 0 Å². The number of aromatic amines is 1. The van der Waals surface area contributed by atoms with Crippen LogP contribution in [-0.4, -0.2) is 36.1 Å². The highest BCUT2D eigenvalue weighted by atomic mass is 79.9. The molecular weight excluding hydrogens is 373 g/mol. The second kappa shape index (κ2) is 8.39. The summed E-state index contributed by atoms with van der Waals surface area (Å²) in [5, 5.41) is 4.78. The molecule has 118 valence electrons. The summed E-state index contributed by atoms with van der Waals surface area (Å²) in [4.78, 5) is 6.00. The molecule has 1 aromatic carbocycles. The molecule has 6 heteroatoms. The number of nitrogens with zero attached hydrogens (tertiary/aromatic N) is 1. The summed E-state index contributed by atoms with van der Waals surface area (Å²) in [6, 6.07) is 6.98. The zero-order chi connectivity index (χ0) is 13.2. The molecule has 0 unspecified atom stereocenters. The first-order valence-electron chi connectivity index (χ1n) is 7.01. The van der Waals surface area contributed by atoms with Crippen LogP contribution < -0.4 is 5.32 Å². The van der Waals surface area contributed by atoms with Gasteiger partial charge < -0.3 is 10.3 Å². The van der Waals surface area contributed by atoms with Crippen LogP contribution in [-0.2, 0) is 0 Å². The molecule has 21 heavy (non-hydrogen) atoms. The van der Waals surface area contributed by atoms with Crippen molar-refractivity contribution >= 4 is 51.6 Å². The Labute approximate surface area is 146 Å². The van der Waals surface area contributed by atoms with E-state index < -0.39 is 0 Å². The third kappa shape index (κ3) is 3.93. The number of nitrogens with one attached hydrogen (secondary N) is 2. The third-order valence-corrected chi connectivity index (χ3v) is 4.51. The van der Waals surface area contributed by atoms with E-state index in [-0.39, 0.29) is 24.8 Å². The van der Waals surface area contributed by atoms with E-state index >= 15 is 0 Å². The van der Waals surface area contributed by atoms with Gasteiger partial charge in [0.1, 0.15) is 0 Å². The first-order chi connectivity index (χ1) is 9.29.